The number of nitrogens with one attached hydrogen (secondary N) is 1. The van der Waals surface area contributed by atoms with Crippen LogP contribution in [0.5, 0.6) is 0 Å². The number of fused-ring (bicyclic) bond motifs is 1. The summed E-state index contributed by atoms with van der Waals surface area (Å²) in [5.74, 6) is -0.211. The second kappa shape index (κ2) is 6.72. The Hall–Kier alpha value is -2.60. The first kappa shape index (κ1) is 17.2. The lowest BCUT2D eigenvalue weighted by Crippen LogP contribution is -2.32. The summed E-state index contributed by atoms with van der Waals surface area (Å²) >= 11 is 5.97. The molecule has 25 heavy (non-hydrogen) atoms. The van der Waals surface area contributed by atoms with Crippen LogP contribution in [-0.2, 0) is 11.3 Å². The molecular weight excluding hydrogens is 340 g/mol. The number of nitrogens with zero attached hydrogens (tertiary/aromatic N) is 3. The zero-order chi connectivity index (χ0) is 18.1. The van der Waals surface area contributed by atoms with Crippen molar-refractivity contribution >= 4 is 28.5 Å². The van der Waals surface area contributed by atoms with Crippen LogP contribution in [0.3, 0.4) is 0 Å². The average molecular weight is 359 g/mol. The van der Waals surface area contributed by atoms with E-state index in [1.165, 1.54) is 10.9 Å². The predicted molar refractivity (Wildman–Crippen MR) is 98.5 cm³/mol. The fraction of sp³-hybridized carbons (Fsp3) is 0.278. The van der Waals surface area contributed by atoms with Crippen LogP contribution >= 0.6 is 11.6 Å². The normalized spacial score (nSPS) is 11.0. The largest absolute Gasteiger partial charge is 0.355 e. The van der Waals surface area contributed by atoms with Crippen molar-refractivity contribution in [3.63, 3.8) is 0 Å². The van der Waals surface area contributed by atoms with Crippen molar-refractivity contribution in [2.45, 2.75) is 27.3 Å². The van der Waals surface area contributed by atoms with E-state index in [1.807, 2.05) is 37.5 Å². The molecular formula is C18H19ClN4O2. The molecule has 3 rings (SSSR count). The van der Waals surface area contributed by atoms with E-state index < -0.39 is 0 Å². The van der Waals surface area contributed by atoms with Crippen LogP contribution in [0.25, 0.3) is 16.7 Å². The van der Waals surface area contributed by atoms with Crippen LogP contribution < -0.4 is 10.9 Å². The number of carbonyl (C=O) groups excluding carboxylic acids is 1. The average Bonchev–Trinajstić information content (AvgIpc) is 2.83. The lowest BCUT2D eigenvalue weighted by molar-refractivity contribution is -0.121. The molecule has 6 nitrogen and oxygen atoms in total. The highest BCUT2D eigenvalue weighted by molar-refractivity contribution is 6.30. The van der Waals surface area contributed by atoms with Gasteiger partial charge in [0.2, 0.25) is 5.91 Å². The summed E-state index contributed by atoms with van der Waals surface area (Å²) in [6, 6.07) is 7.37. The van der Waals surface area contributed by atoms with Gasteiger partial charge in [0.15, 0.2) is 5.65 Å². The number of hydrogen-bond donors (Lipinski definition) is 1. The van der Waals surface area contributed by atoms with Crippen molar-refractivity contribution in [2.24, 2.45) is 0 Å². The molecule has 1 N–H and O–H groups in total. The van der Waals surface area contributed by atoms with Gasteiger partial charge in [0.1, 0.15) is 12.9 Å². The number of hydrogen-bond acceptors (Lipinski definition) is 3. The number of halogens is 1. The van der Waals surface area contributed by atoms with E-state index in [4.69, 9.17) is 11.6 Å². The first-order chi connectivity index (χ1) is 11.9. The van der Waals surface area contributed by atoms with Gasteiger partial charge in [0.25, 0.3) is 5.56 Å². The topological polar surface area (TPSA) is 68.9 Å². The maximum absolute atomic E-state index is 12.8. The van der Waals surface area contributed by atoms with Gasteiger partial charge in [-0.15, -0.1) is 0 Å². The van der Waals surface area contributed by atoms with Crippen molar-refractivity contribution in [3.05, 3.63) is 57.2 Å². The smallest absolute Gasteiger partial charge is 0.263 e. The van der Waals surface area contributed by atoms with E-state index >= 15 is 0 Å². The van der Waals surface area contributed by atoms with E-state index in [-0.39, 0.29) is 18.0 Å². The Morgan fingerprint density at radius 1 is 1.24 bits per heavy atom. The van der Waals surface area contributed by atoms with E-state index in [0.717, 1.165) is 16.9 Å². The Morgan fingerprint density at radius 3 is 2.56 bits per heavy atom. The molecule has 0 saturated carbocycles. The lowest BCUT2D eigenvalue weighted by Gasteiger charge is -2.09. The van der Waals surface area contributed by atoms with Gasteiger partial charge >= 0.3 is 0 Å². The van der Waals surface area contributed by atoms with Crippen molar-refractivity contribution in [1.29, 1.82) is 0 Å². The molecule has 7 heteroatoms. The highest BCUT2D eigenvalue weighted by Crippen LogP contribution is 2.25. The quantitative estimate of drug-likeness (QED) is 0.779. The van der Waals surface area contributed by atoms with Crippen LogP contribution in [0.2, 0.25) is 5.02 Å². The maximum Gasteiger partial charge on any atom is 0.263 e. The van der Waals surface area contributed by atoms with Gasteiger partial charge in [-0.3, -0.25) is 18.7 Å². The molecule has 0 atom stereocenters. The molecule has 0 aliphatic heterocycles. The van der Waals surface area contributed by atoms with Gasteiger partial charge in [-0.2, -0.15) is 0 Å². The molecule has 2 aromatic heterocycles. The Labute approximate surface area is 150 Å². The fourth-order valence-electron chi connectivity index (χ4n) is 2.91. The highest BCUT2D eigenvalue weighted by Gasteiger charge is 2.18. The minimum absolute atomic E-state index is 0.0414. The number of benzene rings is 1. The van der Waals surface area contributed by atoms with E-state index in [2.05, 4.69) is 10.3 Å². The number of aryl methyl sites for hydroxylation is 1. The van der Waals surface area contributed by atoms with Crippen LogP contribution in [0.4, 0.5) is 0 Å². The summed E-state index contributed by atoms with van der Waals surface area (Å²) < 4.78 is 3.27. The van der Waals surface area contributed by atoms with Crippen molar-refractivity contribution in [1.82, 2.24) is 19.4 Å². The molecule has 3 aromatic rings. The second-order valence-electron chi connectivity index (χ2n) is 5.85. The molecule has 0 fully saturated rings. The third kappa shape index (κ3) is 3.05. The maximum atomic E-state index is 12.8. The first-order valence-electron chi connectivity index (χ1n) is 8.03. The van der Waals surface area contributed by atoms with Gasteiger partial charge in [-0.05, 0) is 50.6 Å². The van der Waals surface area contributed by atoms with Crippen LogP contribution in [0, 0.1) is 13.8 Å². The number of amides is 1. The number of rotatable bonds is 4. The van der Waals surface area contributed by atoms with Crippen molar-refractivity contribution < 1.29 is 4.79 Å². The van der Waals surface area contributed by atoms with Gasteiger partial charge in [-0.25, -0.2) is 4.98 Å². The molecule has 1 amide bonds. The molecule has 0 spiro atoms. The summed E-state index contributed by atoms with van der Waals surface area (Å²) in [7, 11) is 0. The molecule has 0 saturated heterocycles. The number of aromatic nitrogens is 3. The molecule has 0 radical (unpaired) electrons. The van der Waals surface area contributed by atoms with Crippen LogP contribution in [0.15, 0.2) is 35.4 Å². The molecule has 0 unspecified atom stereocenters. The Balaban J connectivity index is 2.18. The molecule has 0 bridgehead atoms. The fourth-order valence-corrected chi connectivity index (χ4v) is 3.04. The monoisotopic (exact) mass is 358 g/mol. The molecule has 1 aromatic carbocycles. The zero-order valence-electron chi connectivity index (χ0n) is 14.3. The van der Waals surface area contributed by atoms with E-state index in [0.29, 0.717) is 22.6 Å². The third-order valence-electron chi connectivity index (χ3n) is 4.26. The Morgan fingerprint density at radius 2 is 1.92 bits per heavy atom. The van der Waals surface area contributed by atoms with Gasteiger partial charge < -0.3 is 5.32 Å². The highest BCUT2D eigenvalue weighted by atomic mass is 35.5. The summed E-state index contributed by atoms with van der Waals surface area (Å²) in [5.41, 5.74) is 3.03. The number of likely N-dealkylation sites (N-methyl/N-ethyl adjacent to an activating group) is 1. The molecule has 130 valence electrons. The summed E-state index contributed by atoms with van der Waals surface area (Å²) in [6.07, 6.45) is 1.42. The standard InChI is InChI=1S/C18H19ClN4O2/c1-4-20-15(24)9-22-10-21-17-16(18(22)25)11(2)12(3)23(17)14-7-5-13(19)6-8-14/h5-8,10H,4,9H2,1-3H3,(H,20,24). The lowest BCUT2D eigenvalue weighted by atomic mass is 10.2. The van der Waals surface area contributed by atoms with Crippen LogP contribution in [0.1, 0.15) is 18.2 Å². The van der Waals surface area contributed by atoms with Gasteiger partial charge in [0, 0.05) is 22.9 Å². The van der Waals surface area contributed by atoms with Crippen molar-refractivity contribution in [3.8, 4) is 5.69 Å². The first-order valence-corrected chi connectivity index (χ1v) is 8.41. The number of carbonyl (C=O) groups is 1. The predicted octanol–water partition coefficient (Wildman–Crippen LogP) is 2.59. The molecule has 2 heterocycles. The minimum Gasteiger partial charge on any atom is -0.355 e. The van der Waals surface area contributed by atoms with E-state index in [1.54, 1.807) is 12.1 Å². The van der Waals surface area contributed by atoms with Crippen LogP contribution in [-0.4, -0.2) is 26.6 Å². The van der Waals surface area contributed by atoms with Gasteiger partial charge in [-0.1, -0.05) is 11.6 Å². The zero-order valence-corrected chi connectivity index (χ0v) is 15.1. The third-order valence-corrected chi connectivity index (χ3v) is 4.51. The minimum atomic E-state index is -0.218. The summed E-state index contributed by atoms with van der Waals surface area (Å²) in [5, 5.41) is 3.86. The molecule has 0 aliphatic rings. The SMILES string of the molecule is CCNC(=O)Cn1cnc2c(c(C)c(C)n2-c2ccc(Cl)cc2)c1=O. The Kier molecular flexibility index (Phi) is 4.63. The summed E-state index contributed by atoms with van der Waals surface area (Å²) in [6.45, 7) is 6.15. The van der Waals surface area contributed by atoms with Crippen molar-refractivity contribution in [2.75, 3.05) is 6.54 Å². The summed E-state index contributed by atoms with van der Waals surface area (Å²) in [4.78, 5) is 29.1. The second-order valence-corrected chi connectivity index (χ2v) is 6.29. The Bertz CT molecular complexity index is 1000. The van der Waals surface area contributed by atoms with Gasteiger partial charge in [0.05, 0.1) is 5.39 Å². The molecule has 0 aliphatic carbocycles. The van der Waals surface area contributed by atoms with E-state index in [9.17, 15) is 9.59 Å².